The fourth-order valence-electron chi connectivity index (χ4n) is 4.69. The Morgan fingerprint density at radius 1 is 0.875 bits per heavy atom. The molecule has 0 saturated carbocycles. The van der Waals surface area contributed by atoms with Gasteiger partial charge in [-0.3, -0.25) is 0 Å². The van der Waals surface area contributed by atoms with Crippen molar-refractivity contribution in [2.75, 3.05) is 0 Å². The van der Waals surface area contributed by atoms with E-state index in [1.54, 1.807) is 0 Å². The number of aromatic nitrogens is 3. The van der Waals surface area contributed by atoms with E-state index < -0.39 is 0 Å². The Kier molecular flexibility index (Phi) is 5.52. The van der Waals surface area contributed by atoms with Crippen LogP contribution in [0.3, 0.4) is 0 Å². The third-order valence-electron chi connectivity index (χ3n) is 6.34. The maximum Gasteiger partial charge on any atom is 0.247 e. The fourth-order valence-corrected chi connectivity index (χ4v) is 4.69. The molecule has 4 heteroatoms. The zero-order chi connectivity index (χ0) is 22.1. The van der Waals surface area contributed by atoms with E-state index in [4.69, 9.17) is 4.42 Å². The summed E-state index contributed by atoms with van der Waals surface area (Å²) in [4.78, 5) is 0. The molecular formula is C28H29N3O. The maximum absolute atomic E-state index is 6.19. The molecule has 0 aliphatic heterocycles. The Morgan fingerprint density at radius 3 is 2.22 bits per heavy atom. The molecule has 2 aromatic heterocycles. The second-order valence-corrected chi connectivity index (χ2v) is 8.62. The first kappa shape index (κ1) is 20.5. The van der Waals surface area contributed by atoms with Crippen LogP contribution in [0.15, 0.2) is 71.1 Å². The number of rotatable bonds is 7. The molecule has 0 amide bonds. The highest BCUT2D eigenvalue weighted by Gasteiger charge is 2.19. The van der Waals surface area contributed by atoms with E-state index in [0.717, 1.165) is 35.5 Å². The van der Waals surface area contributed by atoms with Crippen LogP contribution in [0.4, 0.5) is 0 Å². The summed E-state index contributed by atoms with van der Waals surface area (Å²) >= 11 is 0. The number of unbranched alkanes of at least 4 members (excludes halogenated alkanes) is 1. The normalized spacial score (nSPS) is 12.6. The summed E-state index contributed by atoms with van der Waals surface area (Å²) in [5.74, 6) is 1.69. The Hall–Kier alpha value is -3.40. The van der Waals surface area contributed by atoms with Crippen molar-refractivity contribution < 1.29 is 4.42 Å². The molecule has 0 aliphatic carbocycles. The molecule has 3 aromatic carbocycles. The van der Waals surface area contributed by atoms with Gasteiger partial charge >= 0.3 is 0 Å². The first-order valence-electron chi connectivity index (χ1n) is 11.6. The first-order valence-corrected chi connectivity index (χ1v) is 11.6. The molecule has 32 heavy (non-hydrogen) atoms. The summed E-state index contributed by atoms with van der Waals surface area (Å²) in [5, 5.41) is 11.4. The number of para-hydroxylation sites is 2. The van der Waals surface area contributed by atoms with Gasteiger partial charge in [0.25, 0.3) is 0 Å². The highest BCUT2D eigenvalue weighted by atomic mass is 16.4. The molecule has 2 heterocycles. The van der Waals surface area contributed by atoms with Gasteiger partial charge in [0.15, 0.2) is 0 Å². The van der Waals surface area contributed by atoms with Crippen molar-refractivity contribution in [3.63, 3.8) is 0 Å². The van der Waals surface area contributed by atoms with Crippen LogP contribution >= 0.6 is 0 Å². The lowest BCUT2D eigenvalue weighted by molar-refractivity contribution is 0.422. The van der Waals surface area contributed by atoms with Crippen LogP contribution in [0.5, 0.6) is 0 Å². The highest BCUT2D eigenvalue weighted by Crippen LogP contribution is 2.34. The molecule has 5 aromatic rings. The molecule has 0 aliphatic rings. The minimum absolute atomic E-state index is 0.331. The summed E-state index contributed by atoms with van der Waals surface area (Å²) in [5.41, 5.74) is 5.63. The molecule has 1 atom stereocenters. The van der Waals surface area contributed by atoms with Crippen LogP contribution < -0.4 is 0 Å². The van der Waals surface area contributed by atoms with Gasteiger partial charge in [-0.2, -0.15) is 0 Å². The minimum Gasteiger partial charge on any atom is -0.420 e. The molecule has 162 valence electrons. The fraction of sp³-hybridized carbons (Fsp3) is 0.286. The average Bonchev–Trinajstić information content (AvgIpc) is 3.43. The molecule has 4 nitrogen and oxygen atoms in total. The van der Waals surface area contributed by atoms with Gasteiger partial charge in [0.2, 0.25) is 11.8 Å². The van der Waals surface area contributed by atoms with E-state index in [1.807, 2.05) is 0 Å². The summed E-state index contributed by atoms with van der Waals surface area (Å²) in [6.45, 7) is 6.53. The molecule has 0 spiro atoms. The van der Waals surface area contributed by atoms with Crippen LogP contribution in [0.1, 0.15) is 56.9 Å². The van der Waals surface area contributed by atoms with Gasteiger partial charge in [-0.25, -0.2) is 0 Å². The minimum atomic E-state index is 0.331. The average molecular weight is 424 g/mol. The topological polar surface area (TPSA) is 43.9 Å². The first-order chi connectivity index (χ1) is 15.7. The number of benzene rings is 3. The number of hydrogen-bond donors (Lipinski definition) is 0. The largest absolute Gasteiger partial charge is 0.420 e. The van der Waals surface area contributed by atoms with Crippen LogP contribution in [0, 0.1) is 6.92 Å². The summed E-state index contributed by atoms with van der Waals surface area (Å²) in [6, 6.07) is 23.6. The lowest BCUT2D eigenvalue weighted by Crippen LogP contribution is -1.97. The van der Waals surface area contributed by atoms with E-state index in [2.05, 4.69) is 102 Å². The van der Waals surface area contributed by atoms with Crippen molar-refractivity contribution in [2.24, 2.45) is 0 Å². The third-order valence-corrected chi connectivity index (χ3v) is 6.34. The monoisotopic (exact) mass is 423 g/mol. The number of hydrogen-bond acceptors (Lipinski definition) is 3. The van der Waals surface area contributed by atoms with Gasteiger partial charge in [0.05, 0.1) is 11.0 Å². The van der Waals surface area contributed by atoms with Crippen LogP contribution in [-0.4, -0.2) is 14.8 Å². The molecular weight excluding hydrogens is 394 g/mol. The van der Waals surface area contributed by atoms with Gasteiger partial charge in [-0.05, 0) is 55.7 Å². The Balaban J connectivity index is 1.62. The third kappa shape index (κ3) is 3.60. The quantitative estimate of drug-likeness (QED) is 0.268. The van der Waals surface area contributed by atoms with Crippen molar-refractivity contribution in [3.05, 3.63) is 78.2 Å². The molecule has 0 N–H and O–H groups in total. The van der Waals surface area contributed by atoms with Crippen molar-refractivity contribution in [3.8, 4) is 17.1 Å². The van der Waals surface area contributed by atoms with Crippen molar-refractivity contribution >= 4 is 21.8 Å². The summed E-state index contributed by atoms with van der Waals surface area (Å²) in [7, 11) is 0. The van der Waals surface area contributed by atoms with E-state index in [1.165, 1.54) is 34.6 Å². The van der Waals surface area contributed by atoms with Gasteiger partial charge in [-0.1, -0.05) is 63.1 Å². The maximum atomic E-state index is 6.19. The second-order valence-electron chi connectivity index (χ2n) is 8.62. The summed E-state index contributed by atoms with van der Waals surface area (Å²) in [6.07, 6.45) is 4.47. The predicted octanol–water partition coefficient (Wildman–Crippen LogP) is 7.83. The Bertz CT molecular complexity index is 1330. The SMILES string of the molecule is CCCCC(CC)c1nnc(-c2cc(C)cc(-n3c4ccccc4c4ccccc43)c2)o1. The van der Waals surface area contributed by atoms with E-state index >= 15 is 0 Å². The second kappa shape index (κ2) is 8.62. The summed E-state index contributed by atoms with van der Waals surface area (Å²) < 4.78 is 8.52. The lowest BCUT2D eigenvalue weighted by atomic mass is 9.99. The molecule has 0 radical (unpaired) electrons. The van der Waals surface area contributed by atoms with Crippen LogP contribution in [0.25, 0.3) is 38.9 Å². The van der Waals surface area contributed by atoms with Crippen molar-refractivity contribution in [1.29, 1.82) is 0 Å². The highest BCUT2D eigenvalue weighted by molar-refractivity contribution is 6.09. The molecule has 1 unspecified atom stereocenters. The zero-order valence-corrected chi connectivity index (χ0v) is 19.0. The van der Waals surface area contributed by atoms with Crippen LogP contribution in [-0.2, 0) is 0 Å². The smallest absolute Gasteiger partial charge is 0.247 e. The molecule has 0 bridgehead atoms. The van der Waals surface area contributed by atoms with Crippen LogP contribution in [0.2, 0.25) is 0 Å². The van der Waals surface area contributed by atoms with Gasteiger partial charge in [-0.15, -0.1) is 10.2 Å². The van der Waals surface area contributed by atoms with Gasteiger partial charge in [0.1, 0.15) is 0 Å². The Labute approximate surface area is 188 Å². The van der Waals surface area contributed by atoms with Crippen molar-refractivity contribution in [2.45, 2.75) is 52.4 Å². The number of aryl methyl sites for hydroxylation is 1. The number of nitrogens with zero attached hydrogens (tertiary/aromatic N) is 3. The van der Waals surface area contributed by atoms with E-state index in [9.17, 15) is 0 Å². The number of fused-ring (bicyclic) bond motifs is 3. The van der Waals surface area contributed by atoms with E-state index in [-0.39, 0.29) is 0 Å². The standard InChI is InChI=1S/C28H29N3O/c1-4-6-11-20(5-2)27-29-30-28(32-27)21-16-19(3)17-22(18-21)31-25-14-9-7-12-23(25)24-13-8-10-15-26(24)31/h7-10,12-18,20H,4-6,11H2,1-3H3. The van der Waals surface area contributed by atoms with E-state index in [0.29, 0.717) is 11.8 Å². The van der Waals surface area contributed by atoms with Gasteiger partial charge < -0.3 is 8.98 Å². The molecule has 0 saturated heterocycles. The van der Waals surface area contributed by atoms with Crippen molar-refractivity contribution in [1.82, 2.24) is 14.8 Å². The predicted molar refractivity (Wildman–Crippen MR) is 131 cm³/mol. The zero-order valence-electron chi connectivity index (χ0n) is 19.0. The van der Waals surface area contributed by atoms with Gasteiger partial charge in [0, 0.05) is 27.9 Å². The molecule has 0 fully saturated rings. The Morgan fingerprint density at radius 2 is 1.56 bits per heavy atom. The molecule has 5 rings (SSSR count). The lowest BCUT2D eigenvalue weighted by Gasteiger charge is -2.11.